The van der Waals surface area contributed by atoms with Crippen LogP contribution in [0.2, 0.25) is 0 Å². The van der Waals surface area contributed by atoms with E-state index in [1.165, 1.54) is 0 Å². The summed E-state index contributed by atoms with van der Waals surface area (Å²) in [6.45, 7) is 7.63. The number of hydrogen-bond donors (Lipinski definition) is 3. The lowest BCUT2D eigenvalue weighted by molar-refractivity contribution is -0.123. The molecular weight excluding hydrogens is 313 g/mol. The van der Waals surface area contributed by atoms with Crippen LogP contribution in [0.4, 0.5) is 0 Å². The van der Waals surface area contributed by atoms with Crippen LogP contribution >= 0.6 is 24.8 Å². The zero-order valence-corrected chi connectivity index (χ0v) is 14.7. The maximum atomic E-state index is 11.8. The van der Waals surface area contributed by atoms with Crippen LogP contribution in [0.3, 0.4) is 0 Å². The summed E-state index contributed by atoms with van der Waals surface area (Å²) in [4.78, 5) is 14.1. The summed E-state index contributed by atoms with van der Waals surface area (Å²) in [7, 11) is 0. The predicted octanol–water partition coefficient (Wildman–Crippen LogP) is 1.17. The third-order valence-corrected chi connectivity index (χ3v) is 4.07. The minimum Gasteiger partial charge on any atom is -0.393 e. The highest BCUT2D eigenvalue weighted by Crippen LogP contribution is 2.09. The highest BCUT2D eigenvalue weighted by atomic mass is 35.5. The molecule has 7 heteroatoms. The first kappa shape index (κ1) is 23.2. The first-order valence-corrected chi connectivity index (χ1v) is 7.48. The smallest absolute Gasteiger partial charge is 0.237 e. The molecule has 21 heavy (non-hydrogen) atoms. The number of carbonyl (C=O) groups excluding carboxylic acids is 1. The lowest BCUT2D eigenvalue weighted by Crippen LogP contribution is -2.45. The Morgan fingerprint density at radius 3 is 2.48 bits per heavy atom. The summed E-state index contributed by atoms with van der Waals surface area (Å²) in [5, 5.41) is 12.3. The molecule has 1 aliphatic rings. The summed E-state index contributed by atoms with van der Waals surface area (Å²) in [6, 6.07) is -0.393. The van der Waals surface area contributed by atoms with Gasteiger partial charge in [-0.2, -0.15) is 0 Å². The Labute approximate surface area is 140 Å². The first-order chi connectivity index (χ1) is 9.04. The quantitative estimate of drug-likeness (QED) is 0.606. The van der Waals surface area contributed by atoms with Crippen molar-refractivity contribution < 1.29 is 9.90 Å². The number of nitrogens with two attached hydrogens (primary N) is 1. The second-order valence-electron chi connectivity index (χ2n) is 5.63. The van der Waals surface area contributed by atoms with Gasteiger partial charge in [0.15, 0.2) is 0 Å². The molecule has 0 saturated carbocycles. The summed E-state index contributed by atoms with van der Waals surface area (Å²) in [6.07, 6.45) is 3.47. The molecule has 0 spiro atoms. The molecule has 1 fully saturated rings. The van der Waals surface area contributed by atoms with E-state index >= 15 is 0 Å². The number of halogens is 2. The molecule has 2 atom stereocenters. The van der Waals surface area contributed by atoms with Crippen molar-refractivity contribution in [2.45, 2.75) is 51.7 Å². The van der Waals surface area contributed by atoms with E-state index in [0.29, 0.717) is 6.54 Å². The second kappa shape index (κ2) is 12.5. The average Bonchev–Trinajstić information content (AvgIpc) is 2.43. The average molecular weight is 344 g/mol. The number of likely N-dealkylation sites (tertiary alicyclic amines) is 1. The zero-order valence-electron chi connectivity index (χ0n) is 13.1. The van der Waals surface area contributed by atoms with Crippen molar-refractivity contribution >= 4 is 30.7 Å². The molecule has 1 rings (SSSR count). The van der Waals surface area contributed by atoms with Gasteiger partial charge in [-0.15, -0.1) is 24.8 Å². The highest BCUT2D eigenvalue weighted by molar-refractivity contribution is 5.85. The third kappa shape index (κ3) is 8.83. The number of aliphatic hydroxyl groups is 1. The van der Waals surface area contributed by atoms with Crippen LogP contribution in [-0.2, 0) is 4.79 Å². The lowest BCUT2D eigenvalue weighted by atomic mass is 9.99. The van der Waals surface area contributed by atoms with Gasteiger partial charge in [-0.05, 0) is 31.7 Å². The summed E-state index contributed by atoms with van der Waals surface area (Å²) >= 11 is 0. The Hall–Kier alpha value is -0.0700. The van der Waals surface area contributed by atoms with Gasteiger partial charge < -0.3 is 21.1 Å². The molecule has 0 aromatic heterocycles. The van der Waals surface area contributed by atoms with Gasteiger partial charge in [-0.1, -0.05) is 20.3 Å². The maximum Gasteiger partial charge on any atom is 0.237 e. The Morgan fingerprint density at radius 2 is 1.95 bits per heavy atom. The maximum absolute atomic E-state index is 11.8. The van der Waals surface area contributed by atoms with Crippen molar-refractivity contribution in [1.82, 2.24) is 10.2 Å². The first-order valence-electron chi connectivity index (χ1n) is 7.48. The van der Waals surface area contributed by atoms with E-state index in [1.54, 1.807) is 0 Å². The second-order valence-corrected chi connectivity index (χ2v) is 5.63. The fraction of sp³-hybridized carbons (Fsp3) is 0.929. The number of amides is 1. The Kier molecular flexibility index (Phi) is 13.8. The van der Waals surface area contributed by atoms with Crippen molar-refractivity contribution in [1.29, 1.82) is 0 Å². The largest absolute Gasteiger partial charge is 0.393 e. The number of hydrogen-bond acceptors (Lipinski definition) is 4. The molecule has 5 nitrogen and oxygen atoms in total. The molecule has 1 saturated heterocycles. The van der Waals surface area contributed by atoms with E-state index in [4.69, 9.17) is 5.73 Å². The number of nitrogens with zero attached hydrogens (tertiary/aromatic N) is 1. The van der Waals surface area contributed by atoms with Crippen LogP contribution < -0.4 is 11.1 Å². The highest BCUT2D eigenvalue weighted by Gasteiger charge is 2.19. The topological polar surface area (TPSA) is 78.6 Å². The minimum absolute atomic E-state index is 0. The van der Waals surface area contributed by atoms with Gasteiger partial charge in [0.05, 0.1) is 12.1 Å². The summed E-state index contributed by atoms with van der Waals surface area (Å²) < 4.78 is 0. The van der Waals surface area contributed by atoms with E-state index in [2.05, 4.69) is 10.2 Å². The van der Waals surface area contributed by atoms with Gasteiger partial charge in [0.25, 0.3) is 0 Å². The standard InChI is InChI=1S/C14H29N3O2.2ClH/c1-3-11(2)13(15)14(19)16-7-4-8-17-9-5-12(18)6-10-17;;/h11-13,18H,3-10,15H2,1-2H3,(H,16,19);2*1H. The number of nitrogens with one attached hydrogen (secondary N) is 1. The molecule has 128 valence electrons. The predicted molar refractivity (Wildman–Crippen MR) is 91.2 cm³/mol. The van der Waals surface area contributed by atoms with E-state index in [9.17, 15) is 9.90 Å². The number of aliphatic hydroxyl groups excluding tert-OH is 1. The molecule has 0 aromatic rings. The van der Waals surface area contributed by atoms with Crippen molar-refractivity contribution in [3.8, 4) is 0 Å². The molecule has 1 amide bonds. The van der Waals surface area contributed by atoms with E-state index < -0.39 is 6.04 Å². The van der Waals surface area contributed by atoms with E-state index in [-0.39, 0.29) is 42.7 Å². The molecule has 4 N–H and O–H groups in total. The normalized spacial score (nSPS) is 19.0. The summed E-state index contributed by atoms with van der Waals surface area (Å²) in [5.74, 6) is 0.187. The van der Waals surface area contributed by atoms with Gasteiger partial charge >= 0.3 is 0 Å². The zero-order chi connectivity index (χ0) is 14.3. The Morgan fingerprint density at radius 1 is 1.38 bits per heavy atom. The van der Waals surface area contributed by atoms with Crippen molar-refractivity contribution in [2.24, 2.45) is 11.7 Å². The Bertz CT molecular complexity index is 275. The van der Waals surface area contributed by atoms with Crippen molar-refractivity contribution in [3.63, 3.8) is 0 Å². The van der Waals surface area contributed by atoms with Gasteiger partial charge in [-0.3, -0.25) is 4.79 Å². The van der Waals surface area contributed by atoms with Crippen LogP contribution in [0.15, 0.2) is 0 Å². The van der Waals surface area contributed by atoms with Gasteiger partial charge in [0.1, 0.15) is 0 Å². The van der Waals surface area contributed by atoms with Gasteiger partial charge in [-0.25, -0.2) is 0 Å². The van der Waals surface area contributed by atoms with Crippen molar-refractivity contribution in [3.05, 3.63) is 0 Å². The molecule has 0 aliphatic carbocycles. The molecule has 0 aromatic carbocycles. The molecular formula is C14H31Cl2N3O2. The lowest BCUT2D eigenvalue weighted by Gasteiger charge is -2.29. The third-order valence-electron chi connectivity index (χ3n) is 4.07. The SMILES string of the molecule is CCC(C)C(N)C(=O)NCCCN1CCC(O)CC1.Cl.Cl. The number of rotatable bonds is 7. The van der Waals surface area contributed by atoms with Crippen LogP contribution in [0.1, 0.15) is 39.5 Å². The molecule has 1 heterocycles. The van der Waals surface area contributed by atoms with Crippen molar-refractivity contribution in [2.75, 3.05) is 26.2 Å². The van der Waals surface area contributed by atoms with E-state index in [0.717, 1.165) is 45.3 Å². The van der Waals surface area contributed by atoms with Crippen LogP contribution in [0.5, 0.6) is 0 Å². The monoisotopic (exact) mass is 343 g/mol. The van der Waals surface area contributed by atoms with Crippen LogP contribution in [0, 0.1) is 5.92 Å². The summed E-state index contributed by atoms with van der Waals surface area (Å²) in [5.41, 5.74) is 5.86. The molecule has 2 unspecified atom stereocenters. The molecule has 0 bridgehead atoms. The fourth-order valence-corrected chi connectivity index (χ4v) is 2.29. The van der Waals surface area contributed by atoms with E-state index in [1.807, 2.05) is 13.8 Å². The van der Waals surface area contributed by atoms with Gasteiger partial charge in [0, 0.05) is 19.6 Å². The minimum atomic E-state index is -0.393. The Balaban J connectivity index is 0. The molecule has 0 radical (unpaired) electrons. The van der Waals surface area contributed by atoms with Crippen LogP contribution in [0.25, 0.3) is 0 Å². The molecule has 1 aliphatic heterocycles. The number of carbonyl (C=O) groups is 1. The van der Waals surface area contributed by atoms with Crippen LogP contribution in [-0.4, -0.2) is 54.2 Å². The fourth-order valence-electron chi connectivity index (χ4n) is 2.29. The van der Waals surface area contributed by atoms with Gasteiger partial charge in [0.2, 0.25) is 5.91 Å². The number of piperidine rings is 1.